The monoisotopic (exact) mass is 300 g/mol. The van der Waals surface area contributed by atoms with E-state index in [1.54, 1.807) is 0 Å². The molecule has 0 radical (unpaired) electrons. The topological polar surface area (TPSA) is 110 Å². The molecule has 0 fully saturated rings. The van der Waals surface area contributed by atoms with Crippen LogP contribution in [-0.2, 0) is 9.59 Å². The van der Waals surface area contributed by atoms with E-state index in [-0.39, 0.29) is 38.5 Å². The molecule has 0 unspecified atom stereocenters. The number of fused-ring (bicyclic) bond motifs is 1. The van der Waals surface area contributed by atoms with Gasteiger partial charge in [-0.3, -0.25) is 0 Å². The van der Waals surface area contributed by atoms with Crippen LogP contribution in [0.5, 0.6) is 0 Å². The molecule has 0 aliphatic heterocycles. The van der Waals surface area contributed by atoms with Gasteiger partial charge >= 0.3 is 102 Å². The number of rotatable bonds is 2. The summed E-state index contributed by atoms with van der Waals surface area (Å²) < 4.78 is 8.19. The van der Waals surface area contributed by atoms with Crippen molar-refractivity contribution in [2.24, 2.45) is 0 Å². The summed E-state index contributed by atoms with van der Waals surface area (Å²) in [6.45, 7) is 2.71. The van der Waals surface area contributed by atoms with Crippen LogP contribution in [-0.4, -0.2) is 44.7 Å². The van der Waals surface area contributed by atoms with Gasteiger partial charge in [-0.05, 0) is 0 Å². The molecule has 2 N–H and O–H groups in total. The number of carbonyl (C=O) groups excluding carboxylic acids is 2. The first kappa shape index (κ1) is 11.6. The fourth-order valence-corrected chi connectivity index (χ4v) is 2.20. The Bertz CT molecular complexity index is 595. The SMILES string of the molecule is CC(=O)Nc1nc(NC(C)=O)c2n[se]nc2n1. The third kappa shape index (κ3) is 2.63. The number of nitrogens with one attached hydrogen (secondary N) is 2. The van der Waals surface area contributed by atoms with Crippen molar-refractivity contribution in [2.45, 2.75) is 13.8 Å². The molecule has 8 nitrogen and oxygen atoms in total. The summed E-state index contributed by atoms with van der Waals surface area (Å²) in [6.07, 6.45) is 0. The Balaban J connectivity index is 2.50. The molecule has 2 rings (SSSR count). The summed E-state index contributed by atoms with van der Waals surface area (Å²) in [5.41, 5.74) is 0.863. The van der Waals surface area contributed by atoms with Crippen molar-refractivity contribution in [3.63, 3.8) is 0 Å². The Morgan fingerprint density at radius 2 is 1.76 bits per heavy atom. The summed E-state index contributed by atoms with van der Waals surface area (Å²) >= 11 is -0.279. The molecule has 17 heavy (non-hydrogen) atoms. The number of hydrogen-bond acceptors (Lipinski definition) is 6. The molecular weight excluding hydrogens is 291 g/mol. The first-order chi connectivity index (χ1) is 8.06. The van der Waals surface area contributed by atoms with E-state index < -0.39 is 0 Å². The Hall–Kier alpha value is -1.86. The van der Waals surface area contributed by atoms with Crippen LogP contribution in [0.25, 0.3) is 11.2 Å². The predicted molar refractivity (Wildman–Crippen MR) is 60.7 cm³/mol. The van der Waals surface area contributed by atoms with Crippen molar-refractivity contribution in [1.82, 2.24) is 17.9 Å². The van der Waals surface area contributed by atoms with Gasteiger partial charge < -0.3 is 0 Å². The van der Waals surface area contributed by atoms with Gasteiger partial charge in [-0.15, -0.1) is 0 Å². The van der Waals surface area contributed by atoms with Gasteiger partial charge in [-0.25, -0.2) is 0 Å². The van der Waals surface area contributed by atoms with Gasteiger partial charge in [-0.2, -0.15) is 0 Å². The molecule has 2 amide bonds. The number of hydrogen-bond donors (Lipinski definition) is 2. The summed E-state index contributed by atoms with van der Waals surface area (Å²) in [5, 5.41) is 4.97. The van der Waals surface area contributed by atoms with Gasteiger partial charge in [0.2, 0.25) is 0 Å². The normalized spacial score (nSPS) is 10.2. The van der Waals surface area contributed by atoms with Crippen LogP contribution in [0.2, 0.25) is 0 Å². The minimum absolute atomic E-state index is 0.108. The van der Waals surface area contributed by atoms with Gasteiger partial charge in [0.1, 0.15) is 0 Å². The van der Waals surface area contributed by atoms with E-state index in [9.17, 15) is 9.59 Å². The molecule has 0 bridgehead atoms. The van der Waals surface area contributed by atoms with Gasteiger partial charge in [0.05, 0.1) is 0 Å². The van der Waals surface area contributed by atoms with Crippen molar-refractivity contribution in [3.05, 3.63) is 0 Å². The average Bonchev–Trinajstić information content (AvgIpc) is 2.63. The van der Waals surface area contributed by atoms with Crippen LogP contribution in [0.3, 0.4) is 0 Å². The molecule has 9 heteroatoms. The fourth-order valence-electron chi connectivity index (χ4n) is 1.16. The third-order valence-electron chi connectivity index (χ3n) is 1.71. The number of amides is 2. The number of nitrogens with zero attached hydrogens (tertiary/aromatic N) is 4. The molecule has 0 saturated carbocycles. The van der Waals surface area contributed by atoms with Crippen LogP contribution in [0, 0.1) is 0 Å². The molecule has 0 aliphatic carbocycles. The maximum absolute atomic E-state index is 11.0. The summed E-state index contributed by atoms with van der Waals surface area (Å²) in [6, 6.07) is 0. The zero-order valence-corrected chi connectivity index (χ0v) is 10.7. The Morgan fingerprint density at radius 3 is 2.41 bits per heavy atom. The van der Waals surface area contributed by atoms with Gasteiger partial charge in [-0.1, -0.05) is 0 Å². The summed E-state index contributed by atoms with van der Waals surface area (Å²) in [5.74, 6) is -0.181. The molecule has 0 atom stereocenters. The Kier molecular flexibility index (Phi) is 3.12. The van der Waals surface area contributed by atoms with E-state index in [2.05, 4.69) is 28.6 Å². The van der Waals surface area contributed by atoms with Crippen LogP contribution in [0.4, 0.5) is 11.8 Å². The predicted octanol–water partition coefficient (Wildman–Crippen LogP) is -0.606. The van der Waals surface area contributed by atoms with E-state index in [0.717, 1.165) is 0 Å². The molecule has 0 aliphatic rings. The number of aromatic nitrogens is 4. The van der Waals surface area contributed by atoms with E-state index in [0.29, 0.717) is 11.2 Å². The van der Waals surface area contributed by atoms with Crippen LogP contribution < -0.4 is 10.6 Å². The zero-order chi connectivity index (χ0) is 12.4. The number of carbonyl (C=O) groups is 2. The molecule has 2 aromatic heterocycles. The number of anilines is 2. The Labute approximate surface area is 102 Å². The fraction of sp³-hybridized carbons (Fsp3) is 0.250. The van der Waals surface area contributed by atoms with Crippen molar-refractivity contribution in [2.75, 3.05) is 10.6 Å². The van der Waals surface area contributed by atoms with E-state index >= 15 is 0 Å². The average molecular weight is 299 g/mol. The molecule has 88 valence electrons. The standard InChI is InChI=1S/C8H8N6O2Se/c1-3(15)9-6-5-7(14-17-13-5)12-8(11-6)10-4(2)16/h1-2H3,(H2,9,10,11,12,14,15,16). The van der Waals surface area contributed by atoms with Crippen molar-refractivity contribution < 1.29 is 9.59 Å². The molecule has 2 aromatic rings. The first-order valence-corrected chi connectivity index (χ1v) is 6.15. The van der Waals surface area contributed by atoms with Crippen LogP contribution in [0.1, 0.15) is 13.8 Å². The second kappa shape index (κ2) is 4.56. The van der Waals surface area contributed by atoms with E-state index in [1.165, 1.54) is 13.8 Å². The molecule has 0 saturated heterocycles. The summed E-state index contributed by atoms with van der Waals surface area (Å²) in [4.78, 5) is 30.0. The second-order valence-electron chi connectivity index (χ2n) is 3.19. The molecule has 2 heterocycles. The van der Waals surface area contributed by atoms with Gasteiger partial charge in [0.25, 0.3) is 0 Å². The molecular formula is C8H8N6O2Se. The summed E-state index contributed by atoms with van der Waals surface area (Å²) in [7, 11) is 0. The van der Waals surface area contributed by atoms with Gasteiger partial charge in [0, 0.05) is 0 Å². The minimum atomic E-state index is -0.292. The first-order valence-electron chi connectivity index (χ1n) is 4.62. The van der Waals surface area contributed by atoms with Crippen molar-refractivity contribution in [1.29, 1.82) is 0 Å². The Morgan fingerprint density at radius 1 is 1.06 bits per heavy atom. The third-order valence-corrected chi connectivity index (χ3v) is 2.80. The quantitative estimate of drug-likeness (QED) is 0.716. The second-order valence-corrected chi connectivity index (χ2v) is 4.30. The van der Waals surface area contributed by atoms with Gasteiger partial charge in [0.15, 0.2) is 0 Å². The van der Waals surface area contributed by atoms with E-state index in [1.807, 2.05) is 0 Å². The van der Waals surface area contributed by atoms with Crippen molar-refractivity contribution >= 4 is 49.7 Å². The van der Waals surface area contributed by atoms with Crippen molar-refractivity contribution in [3.8, 4) is 0 Å². The zero-order valence-electron chi connectivity index (χ0n) is 9.01. The molecule has 0 aromatic carbocycles. The maximum atomic E-state index is 11.0. The molecule has 0 spiro atoms. The van der Waals surface area contributed by atoms with Crippen LogP contribution in [0.15, 0.2) is 0 Å². The van der Waals surface area contributed by atoms with Crippen LogP contribution >= 0.6 is 0 Å². The van der Waals surface area contributed by atoms with E-state index in [4.69, 9.17) is 0 Å².